The van der Waals surface area contributed by atoms with Crippen LogP contribution in [-0.4, -0.2) is 36.1 Å². The molecule has 26 heavy (non-hydrogen) atoms. The molecular formula is C19H25F2NO4. The number of hydrogen-bond donors (Lipinski definition) is 2. The lowest BCUT2D eigenvalue weighted by atomic mass is 9.86. The molecule has 144 valence electrons. The predicted molar refractivity (Wildman–Crippen MR) is 92.4 cm³/mol. The maximum Gasteiger partial charge on any atom is 0.308 e. The van der Waals surface area contributed by atoms with Crippen LogP contribution in [-0.2, 0) is 16.0 Å². The number of carboxylic acid groups (broad SMARTS) is 1. The summed E-state index contributed by atoms with van der Waals surface area (Å²) >= 11 is 0. The lowest BCUT2D eigenvalue weighted by Crippen LogP contribution is -2.40. The molecule has 0 radical (unpaired) electrons. The summed E-state index contributed by atoms with van der Waals surface area (Å²) in [5, 5.41) is 12.0. The molecule has 1 aromatic rings. The van der Waals surface area contributed by atoms with E-state index in [2.05, 4.69) is 5.32 Å². The third-order valence-corrected chi connectivity index (χ3v) is 4.68. The molecule has 0 bridgehead atoms. The molecule has 1 saturated carbocycles. The molecule has 1 atom stereocenters. The third-order valence-electron chi connectivity index (χ3n) is 4.68. The number of halogens is 2. The van der Waals surface area contributed by atoms with Crippen molar-refractivity contribution in [3.8, 4) is 5.75 Å². The smallest absolute Gasteiger partial charge is 0.308 e. The van der Waals surface area contributed by atoms with Gasteiger partial charge in [0, 0.05) is 25.3 Å². The minimum atomic E-state index is -2.69. The number of nitrogens with one attached hydrogen (secondary N) is 1. The first-order valence-electron chi connectivity index (χ1n) is 8.91. The molecule has 7 heteroatoms. The number of hydrogen-bond acceptors (Lipinski definition) is 3. The van der Waals surface area contributed by atoms with Crippen molar-refractivity contribution in [3.05, 3.63) is 29.8 Å². The molecule has 1 aliphatic rings. The summed E-state index contributed by atoms with van der Waals surface area (Å²) in [6, 6.07) is 7.15. The van der Waals surface area contributed by atoms with Gasteiger partial charge in [0.1, 0.15) is 5.75 Å². The Hall–Kier alpha value is -2.18. The van der Waals surface area contributed by atoms with E-state index in [1.54, 1.807) is 24.3 Å². The van der Waals surface area contributed by atoms with Crippen LogP contribution >= 0.6 is 0 Å². The number of amides is 1. The van der Waals surface area contributed by atoms with Gasteiger partial charge in [0.25, 0.3) is 0 Å². The number of carboxylic acids is 1. The summed E-state index contributed by atoms with van der Waals surface area (Å²) < 4.78 is 31.7. The van der Waals surface area contributed by atoms with Crippen LogP contribution < -0.4 is 10.1 Å². The molecule has 5 nitrogen and oxygen atoms in total. The highest BCUT2D eigenvalue weighted by molar-refractivity contribution is 5.79. The Bertz CT molecular complexity index is 608. The second kappa shape index (κ2) is 8.96. The van der Waals surface area contributed by atoms with Crippen molar-refractivity contribution < 1.29 is 28.2 Å². The molecule has 0 heterocycles. The first-order chi connectivity index (χ1) is 12.3. The number of ether oxygens (including phenoxy) is 1. The Morgan fingerprint density at radius 2 is 1.88 bits per heavy atom. The van der Waals surface area contributed by atoms with Crippen LogP contribution in [0.5, 0.6) is 5.75 Å². The van der Waals surface area contributed by atoms with Crippen molar-refractivity contribution in [2.24, 2.45) is 11.8 Å². The van der Waals surface area contributed by atoms with E-state index in [1.807, 2.05) is 6.92 Å². The lowest BCUT2D eigenvalue weighted by Gasteiger charge is -2.27. The summed E-state index contributed by atoms with van der Waals surface area (Å²) in [4.78, 5) is 23.6. The van der Waals surface area contributed by atoms with Crippen LogP contribution in [0.4, 0.5) is 8.78 Å². The van der Waals surface area contributed by atoms with E-state index in [-0.39, 0.29) is 44.6 Å². The SMILES string of the molecule is CCOc1ccc(CC(CNC(=O)C2CCC(F)(F)CC2)C(=O)O)cc1. The molecule has 0 saturated heterocycles. The first kappa shape index (κ1) is 20.1. The average Bonchev–Trinajstić information content (AvgIpc) is 2.59. The monoisotopic (exact) mass is 369 g/mol. The maximum absolute atomic E-state index is 13.2. The number of carbonyl (C=O) groups is 2. The average molecular weight is 369 g/mol. The molecule has 0 spiro atoms. The number of alkyl halides is 2. The van der Waals surface area contributed by atoms with Gasteiger partial charge in [-0.15, -0.1) is 0 Å². The Morgan fingerprint density at radius 3 is 2.42 bits per heavy atom. The van der Waals surface area contributed by atoms with Crippen molar-refractivity contribution in [1.82, 2.24) is 5.32 Å². The predicted octanol–water partition coefficient (Wildman–Crippen LogP) is 3.27. The fourth-order valence-electron chi connectivity index (χ4n) is 3.09. The Balaban J connectivity index is 1.86. The van der Waals surface area contributed by atoms with Gasteiger partial charge < -0.3 is 15.2 Å². The van der Waals surface area contributed by atoms with Crippen LogP contribution in [0.2, 0.25) is 0 Å². The van der Waals surface area contributed by atoms with Crippen LogP contribution in [0.25, 0.3) is 0 Å². The molecule has 1 unspecified atom stereocenters. The van der Waals surface area contributed by atoms with Gasteiger partial charge in [0.15, 0.2) is 0 Å². The third kappa shape index (κ3) is 5.97. The molecule has 2 rings (SSSR count). The Kier molecular flexibility index (Phi) is 6.94. The zero-order chi connectivity index (χ0) is 19.2. The second-order valence-electron chi connectivity index (χ2n) is 6.69. The van der Waals surface area contributed by atoms with Crippen molar-refractivity contribution in [1.29, 1.82) is 0 Å². The summed E-state index contributed by atoms with van der Waals surface area (Å²) in [6.45, 7) is 2.41. The Labute approximate surface area is 151 Å². The zero-order valence-electron chi connectivity index (χ0n) is 14.8. The van der Waals surface area contributed by atoms with E-state index >= 15 is 0 Å². The molecule has 1 fully saturated rings. The van der Waals surface area contributed by atoms with Gasteiger partial charge in [-0.2, -0.15) is 0 Å². The van der Waals surface area contributed by atoms with E-state index in [9.17, 15) is 23.5 Å². The molecule has 0 aliphatic heterocycles. The van der Waals surface area contributed by atoms with Crippen LogP contribution in [0.15, 0.2) is 24.3 Å². The highest BCUT2D eigenvalue weighted by Gasteiger charge is 2.37. The van der Waals surface area contributed by atoms with E-state index in [1.165, 1.54) is 0 Å². The zero-order valence-corrected chi connectivity index (χ0v) is 14.8. The van der Waals surface area contributed by atoms with Gasteiger partial charge in [0.05, 0.1) is 12.5 Å². The van der Waals surface area contributed by atoms with Crippen molar-refractivity contribution in [3.63, 3.8) is 0 Å². The number of carbonyl (C=O) groups excluding carboxylic acids is 1. The number of aliphatic carboxylic acids is 1. The molecule has 1 aliphatic carbocycles. The summed E-state index contributed by atoms with van der Waals surface area (Å²) in [5.41, 5.74) is 0.826. The van der Waals surface area contributed by atoms with Gasteiger partial charge in [-0.25, -0.2) is 8.78 Å². The minimum absolute atomic E-state index is 0.0196. The molecule has 1 aromatic carbocycles. The van der Waals surface area contributed by atoms with Gasteiger partial charge in [-0.05, 0) is 43.9 Å². The van der Waals surface area contributed by atoms with Crippen molar-refractivity contribution >= 4 is 11.9 Å². The fourth-order valence-corrected chi connectivity index (χ4v) is 3.09. The highest BCUT2D eigenvalue weighted by Crippen LogP contribution is 2.36. The van der Waals surface area contributed by atoms with E-state index in [0.29, 0.717) is 12.4 Å². The van der Waals surface area contributed by atoms with Gasteiger partial charge in [-0.1, -0.05) is 12.1 Å². The van der Waals surface area contributed by atoms with Crippen LogP contribution in [0, 0.1) is 11.8 Å². The fraction of sp³-hybridized carbons (Fsp3) is 0.579. The van der Waals surface area contributed by atoms with E-state index < -0.39 is 23.7 Å². The minimum Gasteiger partial charge on any atom is -0.494 e. The largest absolute Gasteiger partial charge is 0.494 e. The van der Waals surface area contributed by atoms with Crippen molar-refractivity contribution in [2.75, 3.05) is 13.2 Å². The standard InChI is InChI=1S/C19H25F2NO4/c1-2-26-16-5-3-13(4-6-16)11-15(18(24)25)12-22-17(23)14-7-9-19(20,21)10-8-14/h3-6,14-15H,2,7-12H2,1H3,(H,22,23)(H,24,25). The summed E-state index contributed by atoms with van der Waals surface area (Å²) in [6.07, 6.45) is -0.0467. The topological polar surface area (TPSA) is 75.6 Å². The molecule has 1 amide bonds. The summed E-state index contributed by atoms with van der Waals surface area (Å²) in [5.74, 6) is -4.55. The normalized spacial score (nSPS) is 18.1. The molecule has 0 aromatic heterocycles. The lowest BCUT2D eigenvalue weighted by molar-refractivity contribution is -0.141. The maximum atomic E-state index is 13.2. The van der Waals surface area contributed by atoms with E-state index in [0.717, 1.165) is 5.56 Å². The molecule has 2 N–H and O–H groups in total. The number of rotatable bonds is 8. The van der Waals surface area contributed by atoms with Gasteiger partial charge in [-0.3, -0.25) is 9.59 Å². The second-order valence-corrected chi connectivity index (χ2v) is 6.69. The number of benzene rings is 1. The van der Waals surface area contributed by atoms with Gasteiger partial charge >= 0.3 is 5.97 Å². The molecular weight excluding hydrogens is 344 g/mol. The highest BCUT2D eigenvalue weighted by atomic mass is 19.3. The Morgan fingerprint density at radius 1 is 1.27 bits per heavy atom. The van der Waals surface area contributed by atoms with Crippen LogP contribution in [0.3, 0.4) is 0 Å². The van der Waals surface area contributed by atoms with Gasteiger partial charge in [0.2, 0.25) is 11.8 Å². The van der Waals surface area contributed by atoms with Crippen LogP contribution in [0.1, 0.15) is 38.2 Å². The quantitative estimate of drug-likeness (QED) is 0.737. The van der Waals surface area contributed by atoms with Crippen molar-refractivity contribution in [2.45, 2.75) is 45.0 Å². The first-order valence-corrected chi connectivity index (χ1v) is 8.91. The summed E-state index contributed by atoms with van der Waals surface area (Å²) in [7, 11) is 0. The van der Waals surface area contributed by atoms with E-state index in [4.69, 9.17) is 4.74 Å².